The summed E-state index contributed by atoms with van der Waals surface area (Å²) in [6.45, 7) is -1.30. The molecule has 0 bridgehead atoms. The lowest BCUT2D eigenvalue weighted by Gasteiger charge is -2.17. The summed E-state index contributed by atoms with van der Waals surface area (Å²) in [5.74, 6) is -0.830. The SMILES string of the molecule is CN(Cc1nccn1CC(F)(F)F)C(=O)c1ccn(-c2cccc(F)c2)n1. The first-order valence-electron chi connectivity index (χ1n) is 7.87. The summed E-state index contributed by atoms with van der Waals surface area (Å²) < 4.78 is 53.3. The van der Waals surface area contributed by atoms with Gasteiger partial charge in [0.1, 0.15) is 18.2 Å². The van der Waals surface area contributed by atoms with Gasteiger partial charge in [-0.2, -0.15) is 18.3 Å². The number of rotatable bonds is 5. The van der Waals surface area contributed by atoms with Crippen LogP contribution >= 0.6 is 0 Å². The number of nitrogens with zero attached hydrogens (tertiary/aromatic N) is 5. The largest absolute Gasteiger partial charge is 0.406 e. The number of imidazole rings is 1. The molecule has 0 aliphatic heterocycles. The molecule has 0 atom stereocenters. The highest BCUT2D eigenvalue weighted by Crippen LogP contribution is 2.19. The minimum Gasteiger partial charge on any atom is -0.333 e. The second-order valence-electron chi connectivity index (χ2n) is 5.87. The van der Waals surface area contributed by atoms with Crippen LogP contribution in [0.1, 0.15) is 16.3 Å². The van der Waals surface area contributed by atoms with Crippen molar-refractivity contribution in [1.29, 1.82) is 0 Å². The van der Waals surface area contributed by atoms with Gasteiger partial charge in [-0.3, -0.25) is 4.79 Å². The van der Waals surface area contributed by atoms with Crippen LogP contribution in [0.5, 0.6) is 0 Å². The van der Waals surface area contributed by atoms with E-state index in [1.807, 2.05) is 0 Å². The first kappa shape index (κ1) is 18.6. The molecule has 1 aromatic carbocycles. The first-order chi connectivity index (χ1) is 12.7. The number of carbonyl (C=O) groups excluding carboxylic acids is 1. The van der Waals surface area contributed by atoms with Crippen LogP contribution < -0.4 is 0 Å². The van der Waals surface area contributed by atoms with E-state index >= 15 is 0 Å². The predicted molar refractivity (Wildman–Crippen MR) is 87.6 cm³/mol. The van der Waals surface area contributed by atoms with Crippen LogP contribution in [0, 0.1) is 5.82 Å². The molecule has 0 saturated heterocycles. The smallest absolute Gasteiger partial charge is 0.333 e. The monoisotopic (exact) mass is 381 g/mol. The van der Waals surface area contributed by atoms with E-state index in [0.29, 0.717) is 5.69 Å². The van der Waals surface area contributed by atoms with Crippen LogP contribution in [0.3, 0.4) is 0 Å². The van der Waals surface area contributed by atoms with E-state index in [9.17, 15) is 22.4 Å². The van der Waals surface area contributed by atoms with Gasteiger partial charge in [0, 0.05) is 25.6 Å². The molecular weight excluding hydrogens is 366 g/mol. The molecule has 10 heteroatoms. The van der Waals surface area contributed by atoms with Gasteiger partial charge in [-0.1, -0.05) is 6.07 Å². The normalized spacial score (nSPS) is 11.6. The van der Waals surface area contributed by atoms with E-state index in [0.717, 1.165) is 4.57 Å². The van der Waals surface area contributed by atoms with Crippen molar-refractivity contribution in [1.82, 2.24) is 24.2 Å². The summed E-state index contributed by atoms with van der Waals surface area (Å²) in [5, 5.41) is 4.11. The highest BCUT2D eigenvalue weighted by molar-refractivity contribution is 5.92. The van der Waals surface area contributed by atoms with Gasteiger partial charge in [-0.05, 0) is 24.3 Å². The lowest BCUT2D eigenvalue weighted by atomic mass is 10.3. The fourth-order valence-corrected chi connectivity index (χ4v) is 2.51. The maximum atomic E-state index is 13.3. The molecule has 1 amide bonds. The Morgan fingerprint density at radius 2 is 2.00 bits per heavy atom. The Morgan fingerprint density at radius 1 is 1.22 bits per heavy atom. The summed E-state index contributed by atoms with van der Waals surface area (Å²) >= 11 is 0. The molecule has 3 rings (SSSR count). The van der Waals surface area contributed by atoms with Crippen molar-refractivity contribution < 1.29 is 22.4 Å². The van der Waals surface area contributed by atoms with Crippen molar-refractivity contribution >= 4 is 5.91 Å². The third kappa shape index (κ3) is 4.52. The standard InChI is InChI=1S/C17H15F4N5O/c1-24(10-15-22-6-8-25(15)11-17(19,20)21)16(27)14-5-7-26(23-14)13-4-2-3-12(18)9-13/h2-9H,10-11H2,1H3. The summed E-state index contributed by atoms with van der Waals surface area (Å²) in [7, 11) is 1.44. The molecule has 2 heterocycles. The van der Waals surface area contributed by atoms with Gasteiger partial charge >= 0.3 is 6.18 Å². The van der Waals surface area contributed by atoms with Gasteiger partial charge in [-0.15, -0.1) is 0 Å². The van der Waals surface area contributed by atoms with E-state index in [-0.39, 0.29) is 18.1 Å². The summed E-state index contributed by atoms with van der Waals surface area (Å²) in [6, 6.07) is 7.14. The predicted octanol–water partition coefficient (Wildman–Crippen LogP) is 3.04. The van der Waals surface area contributed by atoms with Crippen molar-refractivity contribution in [2.45, 2.75) is 19.3 Å². The number of hydrogen-bond donors (Lipinski definition) is 0. The molecule has 0 unspecified atom stereocenters. The molecular formula is C17H15F4N5O. The van der Waals surface area contributed by atoms with Crippen molar-refractivity contribution in [3.05, 3.63) is 66.3 Å². The second kappa shape index (κ2) is 7.22. The quantitative estimate of drug-likeness (QED) is 0.639. The van der Waals surface area contributed by atoms with Gasteiger partial charge in [0.15, 0.2) is 5.69 Å². The highest BCUT2D eigenvalue weighted by Gasteiger charge is 2.29. The van der Waals surface area contributed by atoms with Crippen LogP contribution in [0.15, 0.2) is 48.9 Å². The van der Waals surface area contributed by atoms with E-state index in [1.54, 1.807) is 6.07 Å². The molecule has 3 aromatic rings. The van der Waals surface area contributed by atoms with Crippen LogP contribution in [0.25, 0.3) is 5.69 Å². The Labute approximate surface area is 151 Å². The molecule has 0 fully saturated rings. The number of carbonyl (C=O) groups is 1. The van der Waals surface area contributed by atoms with Crippen LogP contribution in [0.4, 0.5) is 17.6 Å². The van der Waals surface area contributed by atoms with Gasteiger partial charge < -0.3 is 9.47 Å². The van der Waals surface area contributed by atoms with Gasteiger partial charge in [-0.25, -0.2) is 14.1 Å². The Kier molecular flexibility index (Phi) is 4.98. The zero-order valence-electron chi connectivity index (χ0n) is 14.2. The number of halogens is 4. The third-order valence-electron chi connectivity index (χ3n) is 3.76. The Bertz CT molecular complexity index is 947. The van der Waals surface area contributed by atoms with Crippen LogP contribution in [-0.2, 0) is 13.1 Å². The fourth-order valence-electron chi connectivity index (χ4n) is 2.51. The molecule has 0 aliphatic rings. The van der Waals surface area contributed by atoms with Gasteiger partial charge in [0.25, 0.3) is 5.91 Å². The van der Waals surface area contributed by atoms with Crippen LogP contribution in [0.2, 0.25) is 0 Å². The lowest BCUT2D eigenvalue weighted by Crippen LogP contribution is -2.29. The minimum atomic E-state index is -4.39. The number of alkyl halides is 3. The summed E-state index contributed by atoms with van der Waals surface area (Å²) in [6.07, 6.45) is -0.430. The second-order valence-corrected chi connectivity index (χ2v) is 5.87. The molecule has 6 nitrogen and oxygen atoms in total. The zero-order valence-corrected chi connectivity index (χ0v) is 14.2. The Morgan fingerprint density at radius 3 is 2.70 bits per heavy atom. The Hall–Kier alpha value is -3.17. The summed E-state index contributed by atoms with van der Waals surface area (Å²) in [5.41, 5.74) is 0.521. The number of benzene rings is 1. The first-order valence-corrected chi connectivity index (χ1v) is 7.87. The Balaban J connectivity index is 1.73. The molecule has 2 aromatic heterocycles. The molecule has 0 saturated carbocycles. The maximum Gasteiger partial charge on any atom is 0.406 e. The number of hydrogen-bond acceptors (Lipinski definition) is 3. The van der Waals surface area contributed by atoms with E-state index < -0.39 is 24.4 Å². The average molecular weight is 381 g/mol. The molecule has 0 aliphatic carbocycles. The van der Waals surface area contributed by atoms with Crippen molar-refractivity contribution in [3.63, 3.8) is 0 Å². The molecule has 142 valence electrons. The third-order valence-corrected chi connectivity index (χ3v) is 3.76. The van der Waals surface area contributed by atoms with Crippen molar-refractivity contribution in [2.75, 3.05) is 7.05 Å². The average Bonchev–Trinajstić information content (AvgIpc) is 3.23. The van der Waals surface area contributed by atoms with Crippen LogP contribution in [-0.4, -0.2) is 43.4 Å². The van der Waals surface area contributed by atoms with E-state index in [4.69, 9.17) is 0 Å². The number of aromatic nitrogens is 4. The topological polar surface area (TPSA) is 56.0 Å². The molecule has 0 spiro atoms. The molecule has 0 N–H and O–H groups in total. The summed E-state index contributed by atoms with van der Waals surface area (Å²) in [4.78, 5) is 17.6. The van der Waals surface area contributed by atoms with E-state index in [1.165, 1.54) is 59.5 Å². The molecule has 0 radical (unpaired) electrons. The zero-order chi connectivity index (χ0) is 19.6. The van der Waals surface area contributed by atoms with Gasteiger partial charge in [0.2, 0.25) is 0 Å². The fraction of sp³-hybridized carbons (Fsp3) is 0.235. The maximum absolute atomic E-state index is 13.3. The van der Waals surface area contributed by atoms with E-state index in [2.05, 4.69) is 10.1 Å². The molecule has 27 heavy (non-hydrogen) atoms. The lowest BCUT2D eigenvalue weighted by molar-refractivity contribution is -0.141. The van der Waals surface area contributed by atoms with Crippen molar-refractivity contribution in [3.8, 4) is 5.69 Å². The van der Waals surface area contributed by atoms with Gasteiger partial charge in [0.05, 0.1) is 12.2 Å². The minimum absolute atomic E-state index is 0.0793. The number of amides is 1. The highest BCUT2D eigenvalue weighted by atomic mass is 19.4. The van der Waals surface area contributed by atoms with Crippen molar-refractivity contribution in [2.24, 2.45) is 0 Å².